The fraction of sp³-hybridized carbons (Fsp3) is 0.0455. The molecule has 0 bridgehead atoms. The fourth-order valence-electron chi connectivity index (χ4n) is 7.23. The van der Waals surface area contributed by atoms with Crippen LogP contribution in [-0.2, 0) is 6.42 Å². The molecule has 0 N–H and O–H groups in total. The van der Waals surface area contributed by atoms with Gasteiger partial charge in [0, 0.05) is 50.0 Å². The van der Waals surface area contributed by atoms with Gasteiger partial charge in [0.25, 0.3) is 0 Å². The summed E-state index contributed by atoms with van der Waals surface area (Å²) in [6.07, 6.45) is 1.02. The van der Waals surface area contributed by atoms with E-state index in [1.807, 2.05) is 0 Å². The zero-order chi connectivity index (χ0) is 31.3. The summed E-state index contributed by atoms with van der Waals surface area (Å²) in [5.74, 6) is 0. The van der Waals surface area contributed by atoms with Crippen LogP contribution in [0.2, 0.25) is 0 Å². The standard InChI is InChI=1S/C44H33N3/c1-2-31-19-21-32(22-20-31)45(33-23-27-35(28-24-33)46-41-15-7-3-11-37(41)38-12-4-8-16-42(38)46)34-25-29-36(30-26-34)47-43-17-9-5-13-39(43)40-14-6-10-18-44(40)47/h3-30H,2H2,1H3. The van der Waals surface area contributed by atoms with Crippen LogP contribution in [0, 0.1) is 0 Å². The molecule has 0 saturated heterocycles. The maximum Gasteiger partial charge on any atom is 0.0541 e. The van der Waals surface area contributed by atoms with E-state index in [4.69, 9.17) is 0 Å². The van der Waals surface area contributed by atoms with E-state index < -0.39 is 0 Å². The molecule has 0 spiro atoms. The number of nitrogens with zero attached hydrogens (tertiary/aromatic N) is 3. The fourth-order valence-corrected chi connectivity index (χ4v) is 7.23. The lowest BCUT2D eigenvalue weighted by molar-refractivity contribution is 1.13. The van der Waals surface area contributed by atoms with E-state index in [0.717, 1.165) is 34.9 Å². The quantitative estimate of drug-likeness (QED) is 0.184. The second-order valence-corrected chi connectivity index (χ2v) is 12.1. The molecule has 0 amide bonds. The summed E-state index contributed by atoms with van der Waals surface area (Å²) in [7, 11) is 0. The minimum absolute atomic E-state index is 1.02. The van der Waals surface area contributed by atoms with Crippen LogP contribution < -0.4 is 4.90 Å². The largest absolute Gasteiger partial charge is 0.311 e. The number of fused-ring (bicyclic) bond motifs is 6. The van der Waals surface area contributed by atoms with Crippen LogP contribution in [-0.4, -0.2) is 9.13 Å². The monoisotopic (exact) mass is 603 g/mol. The first kappa shape index (κ1) is 27.3. The Kier molecular flexibility index (Phi) is 6.43. The number of hydrogen-bond acceptors (Lipinski definition) is 1. The van der Waals surface area contributed by atoms with Gasteiger partial charge in [0.2, 0.25) is 0 Å². The summed E-state index contributed by atoms with van der Waals surface area (Å²) in [6, 6.07) is 61.6. The first-order valence-electron chi connectivity index (χ1n) is 16.3. The van der Waals surface area contributed by atoms with Crippen molar-refractivity contribution in [3.63, 3.8) is 0 Å². The topological polar surface area (TPSA) is 13.1 Å². The van der Waals surface area contributed by atoms with E-state index in [0.29, 0.717) is 0 Å². The molecule has 0 atom stereocenters. The van der Waals surface area contributed by atoms with Gasteiger partial charge in [0.1, 0.15) is 0 Å². The molecule has 0 aliphatic carbocycles. The smallest absolute Gasteiger partial charge is 0.0541 e. The van der Waals surface area contributed by atoms with Gasteiger partial charge >= 0.3 is 0 Å². The maximum absolute atomic E-state index is 2.37. The Morgan fingerprint density at radius 1 is 0.362 bits per heavy atom. The number of hydrogen-bond donors (Lipinski definition) is 0. The van der Waals surface area contributed by atoms with E-state index in [1.165, 1.54) is 49.2 Å². The Labute approximate surface area is 274 Å². The molecule has 2 heterocycles. The Hall–Kier alpha value is -6.06. The van der Waals surface area contributed by atoms with Crippen molar-refractivity contribution < 1.29 is 0 Å². The number of benzene rings is 7. The van der Waals surface area contributed by atoms with E-state index in [9.17, 15) is 0 Å². The van der Waals surface area contributed by atoms with Crippen molar-refractivity contribution >= 4 is 60.7 Å². The Morgan fingerprint density at radius 2 is 0.660 bits per heavy atom. The van der Waals surface area contributed by atoms with E-state index >= 15 is 0 Å². The molecule has 47 heavy (non-hydrogen) atoms. The number of para-hydroxylation sites is 4. The van der Waals surface area contributed by atoms with Crippen molar-refractivity contribution in [2.75, 3.05) is 4.90 Å². The molecule has 9 aromatic rings. The molecule has 0 unspecified atom stereocenters. The average molecular weight is 604 g/mol. The minimum atomic E-state index is 1.02. The van der Waals surface area contributed by atoms with Gasteiger partial charge in [-0.3, -0.25) is 0 Å². The highest BCUT2D eigenvalue weighted by Crippen LogP contribution is 2.38. The van der Waals surface area contributed by atoms with Crippen LogP contribution in [0.3, 0.4) is 0 Å². The first-order valence-corrected chi connectivity index (χ1v) is 16.3. The van der Waals surface area contributed by atoms with Crippen molar-refractivity contribution in [3.05, 3.63) is 175 Å². The third-order valence-electron chi connectivity index (χ3n) is 9.50. The van der Waals surface area contributed by atoms with Gasteiger partial charge in [-0.15, -0.1) is 0 Å². The first-order chi connectivity index (χ1) is 23.3. The van der Waals surface area contributed by atoms with E-state index in [-0.39, 0.29) is 0 Å². The Bertz CT molecular complexity index is 2270. The minimum Gasteiger partial charge on any atom is -0.311 e. The van der Waals surface area contributed by atoms with Gasteiger partial charge < -0.3 is 14.0 Å². The summed E-state index contributed by atoms with van der Waals surface area (Å²) < 4.78 is 4.74. The normalized spacial score (nSPS) is 11.6. The number of rotatable bonds is 6. The Balaban J connectivity index is 1.16. The highest BCUT2D eigenvalue weighted by atomic mass is 15.1. The zero-order valence-corrected chi connectivity index (χ0v) is 26.2. The molecule has 0 aliphatic heterocycles. The molecular weight excluding hydrogens is 571 g/mol. The molecule has 0 aliphatic rings. The molecule has 7 aromatic carbocycles. The summed E-state index contributed by atoms with van der Waals surface area (Å²) >= 11 is 0. The van der Waals surface area contributed by atoms with Gasteiger partial charge in [-0.2, -0.15) is 0 Å². The SMILES string of the molecule is CCc1ccc(N(c2ccc(-n3c4ccccc4c4ccccc43)cc2)c2ccc(-n3c4ccccc4c4ccccc43)cc2)cc1. The Morgan fingerprint density at radius 3 is 0.979 bits per heavy atom. The lowest BCUT2D eigenvalue weighted by Crippen LogP contribution is -2.10. The van der Waals surface area contributed by atoms with E-state index in [2.05, 4.69) is 191 Å². The van der Waals surface area contributed by atoms with Crippen LogP contribution >= 0.6 is 0 Å². The van der Waals surface area contributed by atoms with Crippen LogP contribution in [0.25, 0.3) is 55.0 Å². The van der Waals surface area contributed by atoms with Gasteiger partial charge in [0.15, 0.2) is 0 Å². The number of aryl methyl sites for hydroxylation is 1. The molecule has 9 rings (SSSR count). The molecule has 0 fully saturated rings. The van der Waals surface area contributed by atoms with Crippen LogP contribution in [0.15, 0.2) is 170 Å². The third-order valence-corrected chi connectivity index (χ3v) is 9.50. The van der Waals surface area contributed by atoms with Crippen molar-refractivity contribution in [3.8, 4) is 11.4 Å². The van der Waals surface area contributed by atoms with Gasteiger partial charge in [-0.05, 0) is 96.9 Å². The highest BCUT2D eigenvalue weighted by molar-refractivity contribution is 6.10. The summed E-state index contributed by atoms with van der Waals surface area (Å²) in [5.41, 5.74) is 11.9. The van der Waals surface area contributed by atoms with Crippen LogP contribution in [0.1, 0.15) is 12.5 Å². The van der Waals surface area contributed by atoms with Gasteiger partial charge in [-0.25, -0.2) is 0 Å². The van der Waals surface area contributed by atoms with Crippen molar-refractivity contribution in [2.24, 2.45) is 0 Å². The lowest BCUT2D eigenvalue weighted by Gasteiger charge is -2.26. The summed E-state index contributed by atoms with van der Waals surface area (Å²) in [4.78, 5) is 2.35. The predicted octanol–water partition coefficient (Wildman–Crippen LogP) is 11.9. The van der Waals surface area contributed by atoms with Gasteiger partial charge in [0.05, 0.1) is 22.1 Å². The van der Waals surface area contributed by atoms with Crippen molar-refractivity contribution in [1.82, 2.24) is 9.13 Å². The molecule has 3 heteroatoms. The number of aromatic nitrogens is 2. The summed E-state index contributed by atoms with van der Waals surface area (Å²) in [6.45, 7) is 2.20. The number of anilines is 3. The van der Waals surface area contributed by atoms with Crippen molar-refractivity contribution in [2.45, 2.75) is 13.3 Å². The molecule has 0 saturated carbocycles. The zero-order valence-electron chi connectivity index (χ0n) is 26.2. The molecule has 3 nitrogen and oxygen atoms in total. The predicted molar refractivity (Wildman–Crippen MR) is 199 cm³/mol. The maximum atomic E-state index is 2.37. The summed E-state index contributed by atoms with van der Waals surface area (Å²) in [5, 5.41) is 5.09. The van der Waals surface area contributed by atoms with Gasteiger partial charge in [-0.1, -0.05) is 91.9 Å². The van der Waals surface area contributed by atoms with Crippen LogP contribution in [0.5, 0.6) is 0 Å². The third kappa shape index (κ3) is 4.43. The second-order valence-electron chi connectivity index (χ2n) is 12.1. The molecular formula is C44H33N3. The second kappa shape index (κ2) is 11.1. The average Bonchev–Trinajstić information content (AvgIpc) is 3.66. The lowest BCUT2D eigenvalue weighted by atomic mass is 10.1. The molecule has 224 valence electrons. The molecule has 0 radical (unpaired) electrons. The highest BCUT2D eigenvalue weighted by Gasteiger charge is 2.17. The molecule has 2 aromatic heterocycles. The van der Waals surface area contributed by atoms with Crippen LogP contribution in [0.4, 0.5) is 17.1 Å². The van der Waals surface area contributed by atoms with E-state index in [1.54, 1.807) is 0 Å². The van der Waals surface area contributed by atoms with Crippen molar-refractivity contribution in [1.29, 1.82) is 0 Å².